The first kappa shape index (κ1) is 17.6. The third-order valence-electron chi connectivity index (χ3n) is 2.78. The largest absolute Gasteiger partial charge is 0.478 e. The summed E-state index contributed by atoms with van der Waals surface area (Å²) in [7, 11) is 3.41. The summed E-state index contributed by atoms with van der Waals surface area (Å²) in [6, 6.07) is 4.85. The average Bonchev–Trinajstić information content (AvgIpc) is 2.41. The number of carboxylic acid groups (broad SMARTS) is 1. The second-order valence-corrected chi connectivity index (χ2v) is 5.48. The number of carbonyl (C=O) groups excluding carboxylic acids is 1. The molecule has 0 aliphatic carbocycles. The molecule has 0 bridgehead atoms. The summed E-state index contributed by atoms with van der Waals surface area (Å²) in [4.78, 5) is 24.4. The maximum absolute atomic E-state index is 11.6. The highest BCUT2D eigenvalue weighted by atomic mass is 79.9. The zero-order chi connectivity index (χ0) is 15.8. The van der Waals surface area contributed by atoms with E-state index >= 15 is 0 Å². The lowest BCUT2D eigenvalue weighted by molar-refractivity contribution is -0.122. The molecule has 1 amide bonds. The van der Waals surface area contributed by atoms with Crippen molar-refractivity contribution in [2.45, 2.75) is 6.54 Å². The monoisotopic (exact) mass is 358 g/mol. The van der Waals surface area contributed by atoms with E-state index in [1.807, 2.05) is 11.9 Å². The van der Waals surface area contributed by atoms with E-state index in [0.29, 0.717) is 24.2 Å². The van der Waals surface area contributed by atoms with Crippen molar-refractivity contribution in [2.75, 3.05) is 33.9 Å². The summed E-state index contributed by atoms with van der Waals surface area (Å²) in [5, 5.41) is 11.7. The van der Waals surface area contributed by atoms with Crippen LogP contribution in [0.3, 0.4) is 0 Å². The van der Waals surface area contributed by atoms with Crippen LogP contribution in [0.15, 0.2) is 22.7 Å². The number of nitrogens with zero attached hydrogens (tertiary/aromatic N) is 1. The van der Waals surface area contributed by atoms with E-state index in [4.69, 9.17) is 9.84 Å². The number of rotatable bonds is 8. The van der Waals surface area contributed by atoms with Crippen LogP contribution in [0.5, 0.6) is 0 Å². The molecule has 0 heterocycles. The Hall–Kier alpha value is -1.44. The number of ether oxygens (including phenoxy) is 1. The van der Waals surface area contributed by atoms with Gasteiger partial charge < -0.3 is 15.2 Å². The zero-order valence-electron chi connectivity index (χ0n) is 12.1. The third-order valence-corrected chi connectivity index (χ3v) is 3.52. The van der Waals surface area contributed by atoms with E-state index in [-0.39, 0.29) is 18.0 Å². The van der Waals surface area contributed by atoms with Gasteiger partial charge >= 0.3 is 5.97 Å². The Morgan fingerprint density at radius 1 is 1.43 bits per heavy atom. The first-order valence-corrected chi connectivity index (χ1v) is 7.19. The molecule has 0 atom stereocenters. The Labute approximate surface area is 132 Å². The molecule has 0 saturated heterocycles. The van der Waals surface area contributed by atoms with Gasteiger partial charge in [0.25, 0.3) is 0 Å². The zero-order valence-corrected chi connectivity index (χ0v) is 13.6. The van der Waals surface area contributed by atoms with Gasteiger partial charge in [-0.2, -0.15) is 0 Å². The van der Waals surface area contributed by atoms with E-state index in [0.717, 1.165) is 5.56 Å². The molecule has 0 aromatic heterocycles. The summed E-state index contributed by atoms with van der Waals surface area (Å²) in [5.41, 5.74) is 1.15. The van der Waals surface area contributed by atoms with Crippen LogP contribution in [0.4, 0.5) is 0 Å². The van der Waals surface area contributed by atoms with Crippen molar-refractivity contribution in [2.24, 2.45) is 0 Å². The summed E-state index contributed by atoms with van der Waals surface area (Å²) >= 11 is 3.35. The Bertz CT molecular complexity index is 508. The number of nitrogens with one attached hydrogen (secondary N) is 1. The van der Waals surface area contributed by atoms with Crippen LogP contribution in [-0.4, -0.2) is 55.7 Å². The third kappa shape index (κ3) is 6.24. The molecule has 0 unspecified atom stereocenters. The highest BCUT2D eigenvalue weighted by Crippen LogP contribution is 2.20. The fraction of sp³-hybridized carbons (Fsp3) is 0.429. The molecular weight excluding hydrogens is 340 g/mol. The van der Waals surface area contributed by atoms with Gasteiger partial charge in [-0.1, -0.05) is 22.0 Å². The van der Waals surface area contributed by atoms with Crippen LogP contribution in [0, 0.1) is 0 Å². The van der Waals surface area contributed by atoms with E-state index in [1.54, 1.807) is 25.3 Å². The van der Waals surface area contributed by atoms with E-state index in [9.17, 15) is 9.59 Å². The van der Waals surface area contributed by atoms with Crippen LogP contribution in [0.1, 0.15) is 15.9 Å². The van der Waals surface area contributed by atoms with Crippen LogP contribution in [0.2, 0.25) is 0 Å². The number of hydrogen-bond donors (Lipinski definition) is 2. The minimum absolute atomic E-state index is 0.0761. The number of benzene rings is 1. The average molecular weight is 359 g/mol. The van der Waals surface area contributed by atoms with Crippen LogP contribution in [-0.2, 0) is 16.1 Å². The second-order valence-electron chi connectivity index (χ2n) is 4.63. The molecular formula is C14H19BrN2O4. The summed E-state index contributed by atoms with van der Waals surface area (Å²) in [5.74, 6) is -1.04. The number of amides is 1. The van der Waals surface area contributed by atoms with Gasteiger partial charge in [0.2, 0.25) is 5.91 Å². The van der Waals surface area contributed by atoms with Gasteiger partial charge in [-0.05, 0) is 24.7 Å². The number of carboxylic acids is 1. The lowest BCUT2D eigenvalue weighted by Gasteiger charge is -2.17. The molecule has 0 fully saturated rings. The van der Waals surface area contributed by atoms with Gasteiger partial charge in [-0.15, -0.1) is 0 Å². The van der Waals surface area contributed by atoms with Crippen molar-refractivity contribution in [1.29, 1.82) is 0 Å². The van der Waals surface area contributed by atoms with E-state index < -0.39 is 5.97 Å². The smallest absolute Gasteiger partial charge is 0.335 e. The molecule has 1 rings (SSSR count). The van der Waals surface area contributed by atoms with E-state index in [2.05, 4.69) is 21.2 Å². The lowest BCUT2D eigenvalue weighted by Crippen LogP contribution is -2.36. The maximum Gasteiger partial charge on any atom is 0.335 e. The molecule has 0 aliphatic heterocycles. The van der Waals surface area contributed by atoms with Gasteiger partial charge in [0.05, 0.1) is 18.7 Å². The maximum atomic E-state index is 11.6. The predicted octanol–water partition coefficient (Wildman–Crippen LogP) is 1.34. The van der Waals surface area contributed by atoms with Crippen molar-refractivity contribution in [3.05, 3.63) is 33.8 Å². The minimum Gasteiger partial charge on any atom is -0.478 e. The highest BCUT2D eigenvalue weighted by molar-refractivity contribution is 9.10. The molecule has 1 aromatic carbocycles. The number of hydrogen-bond acceptors (Lipinski definition) is 4. The molecule has 0 spiro atoms. The molecule has 0 radical (unpaired) electrons. The molecule has 6 nitrogen and oxygen atoms in total. The fourth-order valence-electron chi connectivity index (χ4n) is 1.75. The topological polar surface area (TPSA) is 78.9 Å². The highest BCUT2D eigenvalue weighted by Gasteiger charge is 2.11. The van der Waals surface area contributed by atoms with Crippen LogP contribution >= 0.6 is 15.9 Å². The summed E-state index contributed by atoms with van der Waals surface area (Å²) < 4.78 is 5.57. The second kappa shape index (κ2) is 8.76. The van der Waals surface area contributed by atoms with Gasteiger partial charge in [-0.25, -0.2) is 4.79 Å². The fourth-order valence-corrected chi connectivity index (χ4v) is 2.25. The summed E-state index contributed by atoms with van der Waals surface area (Å²) in [6.45, 7) is 1.77. The predicted molar refractivity (Wildman–Crippen MR) is 82.3 cm³/mol. The Morgan fingerprint density at radius 3 is 2.71 bits per heavy atom. The number of carbonyl (C=O) groups is 2. The van der Waals surface area contributed by atoms with Gasteiger partial charge in [-0.3, -0.25) is 9.69 Å². The van der Waals surface area contributed by atoms with Crippen molar-refractivity contribution < 1.29 is 19.4 Å². The van der Waals surface area contributed by atoms with Gasteiger partial charge in [0, 0.05) is 24.7 Å². The Morgan fingerprint density at radius 2 is 2.14 bits per heavy atom. The molecule has 116 valence electrons. The molecule has 0 aliphatic rings. The number of likely N-dealkylation sites (N-methyl/N-ethyl adjacent to an activating group) is 1. The van der Waals surface area contributed by atoms with Crippen LogP contribution < -0.4 is 5.32 Å². The van der Waals surface area contributed by atoms with Crippen molar-refractivity contribution in [3.63, 3.8) is 0 Å². The van der Waals surface area contributed by atoms with Crippen molar-refractivity contribution >= 4 is 27.8 Å². The Kier molecular flexibility index (Phi) is 7.35. The minimum atomic E-state index is -0.965. The van der Waals surface area contributed by atoms with Crippen LogP contribution in [0.25, 0.3) is 0 Å². The SMILES string of the molecule is COCCNC(=O)CN(C)Cc1ccc(C(=O)O)cc1Br. The number of halogens is 1. The van der Waals surface area contributed by atoms with Crippen molar-refractivity contribution in [3.8, 4) is 0 Å². The molecule has 1 aromatic rings. The molecule has 0 saturated carbocycles. The quantitative estimate of drug-likeness (QED) is 0.685. The van der Waals surface area contributed by atoms with E-state index in [1.165, 1.54) is 0 Å². The number of methoxy groups -OCH3 is 1. The standard InChI is InChI=1S/C14H19BrN2O4/c1-17(9-13(18)16-5-6-21-2)8-11-4-3-10(14(19)20)7-12(11)15/h3-4,7H,5-6,8-9H2,1-2H3,(H,16,18)(H,19,20). The number of aromatic carboxylic acids is 1. The van der Waals surface area contributed by atoms with Gasteiger partial charge in [0.1, 0.15) is 0 Å². The van der Waals surface area contributed by atoms with Crippen molar-refractivity contribution in [1.82, 2.24) is 10.2 Å². The lowest BCUT2D eigenvalue weighted by atomic mass is 10.1. The molecule has 2 N–H and O–H groups in total. The first-order valence-electron chi connectivity index (χ1n) is 6.40. The molecule has 21 heavy (non-hydrogen) atoms. The molecule has 7 heteroatoms. The normalized spacial score (nSPS) is 10.7. The first-order chi connectivity index (χ1) is 9.93. The Balaban J connectivity index is 2.53. The van der Waals surface area contributed by atoms with Gasteiger partial charge in [0.15, 0.2) is 0 Å². The summed E-state index contributed by atoms with van der Waals surface area (Å²) in [6.07, 6.45) is 0.